The highest BCUT2D eigenvalue weighted by molar-refractivity contribution is 5.93. The molecule has 1 saturated heterocycles. The van der Waals surface area contributed by atoms with Crippen LogP contribution in [0.15, 0.2) is 47.4 Å². The van der Waals surface area contributed by atoms with Crippen LogP contribution in [-0.2, 0) is 6.54 Å². The number of nitrogens with one attached hydrogen (secondary N) is 2. The van der Waals surface area contributed by atoms with E-state index in [0.29, 0.717) is 43.5 Å². The summed E-state index contributed by atoms with van der Waals surface area (Å²) in [5.74, 6) is -1.13. The molecule has 3 heterocycles. The molecule has 34 heavy (non-hydrogen) atoms. The number of aryl methyl sites for hydroxylation is 1. The first-order valence-electron chi connectivity index (χ1n) is 11.2. The lowest BCUT2D eigenvalue weighted by Gasteiger charge is -2.36. The van der Waals surface area contributed by atoms with Gasteiger partial charge in [-0.2, -0.15) is 0 Å². The standard InChI is InChI=1S/C24H25FN6O3/c1-2-30-13-16(23(33)34)22(32)15-11-17(25)21(12-20(15)30)31-9-7-29(8-10-31)14-26-24-27-18-5-3-4-6-19(18)28-24/h3-6,11-13H,2,7-10,14H2,1H3,(H,33,34)(H2,26,27,28). The van der Waals surface area contributed by atoms with Crippen molar-refractivity contribution in [1.29, 1.82) is 0 Å². The van der Waals surface area contributed by atoms with Crippen LogP contribution in [0, 0.1) is 5.82 Å². The molecule has 0 atom stereocenters. The average Bonchev–Trinajstić information content (AvgIpc) is 3.26. The van der Waals surface area contributed by atoms with Crippen molar-refractivity contribution in [2.45, 2.75) is 13.5 Å². The highest BCUT2D eigenvalue weighted by Crippen LogP contribution is 2.26. The largest absolute Gasteiger partial charge is 0.477 e. The molecule has 10 heteroatoms. The van der Waals surface area contributed by atoms with Crippen LogP contribution in [0.1, 0.15) is 17.3 Å². The number of halogens is 1. The number of benzene rings is 2. The van der Waals surface area contributed by atoms with Gasteiger partial charge in [-0.1, -0.05) is 12.1 Å². The van der Waals surface area contributed by atoms with E-state index < -0.39 is 17.2 Å². The zero-order chi connectivity index (χ0) is 23.8. The van der Waals surface area contributed by atoms with Crippen molar-refractivity contribution in [2.75, 3.05) is 43.1 Å². The Balaban J connectivity index is 1.31. The van der Waals surface area contributed by atoms with E-state index in [4.69, 9.17) is 0 Å². The third-order valence-electron chi connectivity index (χ3n) is 6.29. The molecule has 9 nitrogen and oxygen atoms in total. The van der Waals surface area contributed by atoms with Gasteiger partial charge in [0.15, 0.2) is 0 Å². The maximum absolute atomic E-state index is 15.0. The van der Waals surface area contributed by atoms with Crippen LogP contribution in [-0.4, -0.2) is 63.4 Å². The first-order chi connectivity index (χ1) is 16.4. The lowest BCUT2D eigenvalue weighted by atomic mass is 10.1. The van der Waals surface area contributed by atoms with Crippen molar-refractivity contribution in [3.05, 3.63) is 64.2 Å². The van der Waals surface area contributed by atoms with Crippen molar-refractivity contribution in [1.82, 2.24) is 19.4 Å². The van der Waals surface area contributed by atoms with E-state index in [1.807, 2.05) is 36.1 Å². The topological polar surface area (TPSA) is 106 Å². The van der Waals surface area contributed by atoms with E-state index >= 15 is 4.39 Å². The summed E-state index contributed by atoms with van der Waals surface area (Å²) in [4.78, 5) is 35.9. The Morgan fingerprint density at radius 2 is 1.97 bits per heavy atom. The zero-order valence-corrected chi connectivity index (χ0v) is 18.7. The molecule has 1 aliphatic rings. The van der Waals surface area contributed by atoms with Crippen LogP contribution >= 0.6 is 0 Å². The van der Waals surface area contributed by atoms with E-state index in [1.165, 1.54) is 12.3 Å². The van der Waals surface area contributed by atoms with Crippen molar-refractivity contribution in [2.24, 2.45) is 0 Å². The molecular weight excluding hydrogens is 439 g/mol. The van der Waals surface area contributed by atoms with Gasteiger partial charge in [-0.15, -0.1) is 0 Å². The summed E-state index contributed by atoms with van der Waals surface area (Å²) in [5, 5.41) is 12.7. The van der Waals surface area contributed by atoms with E-state index in [1.54, 1.807) is 10.6 Å². The first kappa shape index (κ1) is 21.9. The monoisotopic (exact) mass is 464 g/mol. The van der Waals surface area contributed by atoms with E-state index in [0.717, 1.165) is 24.1 Å². The number of hydrogen-bond donors (Lipinski definition) is 3. The molecule has 0 amide bonds. The maximum atomic E-state index is 15.0. The number of piperazine rings is 1. The number of anilines is 2. The normalized spacial score (nSPS) is 14.7. The second-order valence-corrected chi connectivity index (χ2v) is 8.33. The number of imidazole rings is 1. The van der Waals surface area contributed by atoms with Gasteiger partial charge >= 0.3 is 5.97 Å². The van der Waals surface area contributed by atoms with Crippen molar-refractivity contribution in [3.63, 3.8) is 0 Å². The molecule has 5 rings (SSSR count). The van der Waals surface area contributed by atoms with Crippen LogP contribution in [0.3, 0.4) is 0 Å². The minimum absolute atomic E-state index is 0.0803. The van der Waals surface area contributed by atoms with Gasteiger partial charge in [-0.25, -0.2) is 14.2 Å². The summed E-state index contributed by atoms with van der Waals surface area (Å²) in [6.07, 6.45) is 1.33. The summed E-state index contributed by atoms with van der Waals surface area (Å²) < 4.78 is 16.7. The molecule has 0 unspecified atom stereocenters. The summed E-state index contributed by atoms with van der Waals surface area (Å²) in [6, 6.07) is 10.7. The van der Waals surface area contributed by atoms with Crippen molar-refractivity contribution in [3.8, 4) is 0 Å². The van der Waals surface area contributed by atoms with Crippen molar-refractivity contribution >= 4 is 39.5 Å². The van der Waals surface area contributed by atoms with Gasteiger partial charge in [0.05, 0.1) is 28.9 Å². The number of H-pyrrole nitrogens is 1. The average molecular weight is 465 g/mol. The third kappa shape index (κ3) is 3.96. The minimum Gasteiger partial charge on any atom is -0.477 e. The summed E-state index contributed by atoms with van der Waals surface area (Å²) in [7, 11) is 0. The SMILES string of the molecule is CCn1cc(C(=O)O)c(=O)c2cc(F)c(N3CCN(CNc4nc5ccccc5[nH]4)CC3)cc21. The number of aromatic nitrogens is 3. The molecule has 0 radical (unpaired) electrons. The van der Waals surface area contributed by atoms with Crippen LogP contribution in [0.5, 0.6) is 0 Å². The number of aromatic carboxylic acids is 1. The predicted octanol–water partition coefficient (Wildman–Crippen LogP) is 2.93. The second kappa shape index (κ2) is 8.79. The van der Waals surface area contributed by atoms with E-state index in [9.17, 15) is 14.7 Å². The molecule has 0 bridgehead atoms. The molecule has 1 fully saturated rings. The number of pyridine rings is 1. The van der Waals surface area contributed by atoms with Crippen molar-refractivity contribution < 1.29 is 14.3 Å². The summed E-state index contributed by atoms with van der Waals surface area (Å²) in [6.45, 7) is 5.62. The number of nitrogens with zero attached hydrogens (tertiary/aromatic N) is 4. The van der Waals surface area contributed by atoms with E-state index in [2.05, 4.69) is 20.2 Å². The number of aromatic amines is 1. The number of carbonyl (C=O) groups is 1. The maximum Gasteiger partial charge on any atom is 0.341 e. The number of carboxylic acid groups (broad SMARTS) is 1. The molecule has 0 spiro atoms. The number of para-hydroxylation sites is 2. The fourth-order valence-corrected chi connectivity index (χ4v) is 4.43. The Hall–Kier alpha value is -3.92. The first-order valence-corrected chi connectivity index (χ1v) is 11.2. The quantitative estimate of drug-likeness (QED) is 0.403. The lowest BCUT2D eigenvalue weighted by Crippen LogP contribution is -2.48. The van der Waals surface area contributed by atoms with Gasteiger partial charge in [-0.3, -0.25) is 9.69 Å². The molecular formula is C24H25FN6O3. The minimum atomic E-state index is -1.31. The Kier molecular flexibility index (Phi) is 5.66. The fraction of sp³-hybridized carbons (Fsp3) is 0.292. The van der Waals surface area contributed by atoms with Crippen LogP contribution in [0.25, 0.3) is 21.9 Å². The number of rotatable bonds is 6. The molecule has 0 saturated carbocycles. The zero-order valence-electron chi connectivity index (χ0n) is 18.7. The van der Waals surface area contributed by atoms with Gasteiger partial charge in [0.1, 0.15) is 11.4 Å². The Labute approximate surface area is 194 Å². The molecule has 2 aromatic heterocycles. The predicted molar refractivity (Wildman–Crippen MR) is 129 cm³/mol. The molecule has 0 aliphatic carbocycles. The number of hydrogen-bond acceptors (Lipinski definition) is 6. The number of fused-ring (bicyclic) bond motifs is 2. The van der Waals surface area contributed by atoms with Crippen LogP contribution < -0.4 is 15.6 Å². The molecule has 3 N–H and O–H groups in total. The lowest BCUT2D eigenvalue weighted by molar-refractivity contribution is 0.0695. The highest BCUT2D eigenvalue weighted by Gasteiger charge is 2.22. The number of carboxylic acids is 1. The van der Waals surface area contributed by atoms with Gasteiger partial charge < -0.3 is 24.9 Å². The van der Waals surface area contributed by atoms with Gasteiger partial charge in [0.25, 0.3) is 0 Å². The summed E-state index contributed by atoms with van der Waals surface area (Å²) >= 11 is 0. The summed E-state index contributed by atoms with van der Waals surface area (Å²) in [5.41, 5.74) is 1.81. The smallest absolute Gasteiger partial charge is 0.341 e. The second-order valence-electron chi connectivity index (χ2n) is 8.33. The van der Waals surface area contributed by atoms with Crippen LogP contribution in [0.4, 0.5) is 16.0 Å². The Morgan fingerprint density at radius 1 is 1.21 bits per heavy atom. The molecule has 2 aromatic carbocycles. The van der Waals surface area contributed by atoms with Gasteiger partial charge in [0, 0.05) is 44.3 Å². The van der Waals surface area contributed by atoms with Gasteiger partial charge in [0.2, 0.25) is 11.4 Å². The van der Waals surface area contributed by atoms with Crippen LogP contribution in [0.2, 0.25) is 0 Å². The fourth-order valence-electron chi connectivity index (χ4n) is 4.43. The molecule has 1 aliphatic heterocycles. The third-order valence-corrected chi connectivity index (χ3v) is 6.29. The van der Waals surface area contributed by atoms with Gasteiger partial charge in [-0.05, 0) is 31.2 Å². The highest BCUT2D eigenvalue weighted by atomic mass is 19.1. The Morgan fingerprint density at radius 3 is 2.68 bits per heavy atom. The Bertz CT molecular complexity index is 1410. The van der Waals surface area contributed by atoms with E-state index in [-0.39, 0.29) is 10.9 Å². The molecule has 176 valence electrons. The molecule has 4 aromatic rings.